The number of aromatic amines is 1. The summed E-state index contributed by atoms with van der Waals surface area (Å²) in [6, 6.07) is 16.4. The number of hydrogen-bond donors (Lipinski definition) is 2. The molecule has 9 nitrogen and oxygen atoms in total. The molecule has 1 unspecified atom stereocenters. The first-order chi connectivity index (χ1) is 18.1. The van der Waals surface area contributed by atoms with Gasteiger partial charge in [0.15, 0.2) is 0 Å². The number of pyridine rings is 1. The Morgan fingerprint density at radius 3 is 2.53 bits per heavy atom. The Kier molecular flexibility index (Phi) is 7.15. The molecule has 1 fully saturated rings. The number of ether oxygens (including phenoxy) is 2. The van der Waals surface area contributed by atoms with Crippen molar-refractivity contribution in [2.24, 2.45) is 5.73 Å². The van der Waals surface area contributed by atoms with Crippen molar-refractivity contribution in [2.45, 2.75) is 24.8 Å². The topological polar surface area (TPSA) is 128 Å². The molecule has 0 saturated carbocycles. The first kappa shape index (κ1) is 26.2. The van der Waals surface area contributed by atoms with Crippen LogP contribution in [0.5, 0.6) is 5.75 Å². The molecule has 198 valence electrons. The number of nitrogens with zero attached hydrogens (tertiary/aromatic N) is 2. The molecular formula is C27H27ClN4O5S. The summed E-state index contributed by atoms with van der Waals surface area (Å²) < 4.78 is 40.4. The fourth-order valence-electron chi connectivity index (χ4n) is 4.66. The molecule has 38 heavy (non-hydrogen) atoms. The molecule has 1 aliphatic rings. The van der Waals surface area contributed by atoms with Gasteiger partial charge in [0.2, 0.25) is 10.0 Å². The van der Waals surface area contributed by atoms with E-state index in [-0.39, 0.29) is 36.9 Å². The highest BCUT2D eigenvalue weighted by molar-refractivity contribution is 7.89. The SMILES string of the molecule is Cc1cc(-c2ccc(OCC3CN(S(=O)(=O)c4c(C(N)=O)[nH]c5ccc(Cl)cc45)CCO3)cc2)cc(C)n1. The molecule has 11 heteroatoms. The number of nitrogens with two attached hydrogens (primary N) is 1. The number of aromatic nitrogens is 2. The lowest BCUT2D eigenvalue weighted by Crippen LogP contribution is -2.47. The summed E-state index contributed by atoms with van der Waals surface area (Å²) in [4.78, 5) is 19.2. The minimum Gasteiger partial charge on any atom is -0.491 e. The zero-order valence-corrected chi connectivity index (χ0v) is 22.5. The lowest BCUT2D eigenvalue weighted by molar-refractivity contribution is -0.0249. The summed E-state index contributed by atoms with van der Waals surface area (Å²) in [7, 11) is -4.10. The van der Waals surface area contributed by atoms with Crippen LogP contribution in [-0.2, 0) is 14.8 Å². The second-order valence-corrected chi connectivity index (χ2v) is 11.5. The van der Waals surface area contributed by atoms with Crippen molar-refractivity contribution in [1.82, 2.24) is 14.3 Å². The molecule has 2 aromatic carbocycles. The van der Waals surface area contributed by atoms with Gasteiger partial charge in [0.25, 0.3) is 5.91 Å². The van der Waals surface area contributed by atoms with E-state index in [2.05, 4.69) is 9.97 Å². The Labute approximate surface area is 225 Å². The first-order valence-corrected chi connectivity index (χ1v) is 13.8. The summed E-state index contributed by atoms with van der Waals surface area (Å²) in [5, 5.41) is 0.655. The third-order valence-electron chi connectivity index (χ3n) is 6.36. The largest absolute Gasteiger partial charge is 0.491 e. The maximum absolute atomic E-state index is 13.7. The maximum atomic E-state index is 13.7. The average molecular weight is 555 g/mol. The molecule has 3 N–H and O–H groups in total. The zero-order valence-electron chi connectivity index (χ0n) is 20.9. The van der Waals surface area contributed by atoms with Crippen molar-refractivity contribution in [3.05, 3.63) is 76.7 Å². The van der Waals surface area contributed by atoms with E-state index in [0.29, 0.717) is 21.7 Å². The molecule has 1 amide bonds. The number of halogens is 1. The van der Waals surface area contributed by atoms with Gasteiger partial charge < -0.3 is 20.2 Å². The molecule has 0 radical (unpaired) electrons. The third kappa shape index (κ3) is 5.25. The molecule has 3 heterocycles. The summed E-state index contributed by atoms with van der Waals surface area (Å²) in [5.74, 6) is -0.230. The van der Waals surface area contributed by atoms with Gasteiger partial charge in [-0.05, 0) is 67.4 Å². The van der Waals surface area contributed by atoms with Crippen LogP contribution in [0.4, 0.5) is 0 Å². The smallest absolute Gasteiger partial charge is 0.266 e. The van der Waals surface area contributed by atoms with Crippen LogP contribution in [-0.4, -0.2) is 61.0 Å². The van der Waals surface area contributed by atoms with Gasteiger partial charge in [0.05, 0.1) is 6.61 Å². The molecule has 0 aliphatic carbocycles. The molecule has 0 spiro atoms. The number of fused-ring (bicyclic) bond motifs is 1. The number of primary amides is 1. The molecule has 1 atom stereocenters. The molecule has 1 aliphatic heterocycles. The lowest BCUT2D eigenvalue weighted by atomic mass is 10.1. The van der Waals surface area contributed by atoms with Gasteiger partial charge in [-0.25, -0.2) is 8.42 Å². The van der Waals surface area contributed by atoms with Gasteiger partial charge in [-0.1, -0.05) is 23.7 Å². The van der Waals surface area contributed by atoms with Crippen molar-refractivity contribution in [2.75, 3.05) is 26.3 Å². The van der Waals surface area contributed by atoms with Crippen molar-refractivity contribution < 1.29 is 22.7 Å². The molecule has 1 saturated heterocycles. The maximum Gasteiger partial charge on any atom is 0.266 e. The summed E-state index contributed by atoms with van der Waals surface area (Å²) in [6.07, 6.45) is -0.505. The minimum absolute atomic E-state index is 0.0570. The van der Waals surface area contributed by atoms with E-state index in [9.17, 15) is 13.2 Å². The summed E-state index contributed by atoms with van der Waals surface area (Å²) >= 11 is 6.12. The Bertz CT molecular complexity index is 1600. The van der Waals surface area contributed by atoms with E-state index in [4.69, 9.17) is 26.8 Å². The van der Waals surface area contributed by atoms with E-state index in [1.165, 1.54) is 10.4 Å². The van der Waals surface area contributed by atoms with Crippen LogP contribution in [0.1, 0.15) is 21.9 Å². The van der Waals surface area contributed by atoms with Crippen molar-refractivity contribution in [3.63, 3.8) is 0 Å². The van der Waals surface area contributed by atoms with Crippen molar-refractivity contribution >= 4 is 38.4 Å². The Balaban J connectivity index is 1.31. The van der Waals surface area contributed by atoms with E-state index < -0.39 is 22.0 Å². The van der Waals surface area contributed by atoms with Gasteiger partial charge in [0.1, 0.15) is 29.0 Å². The zero-order chi connectivity index (χ0) is 27.0. The monoisotopic (exact) mass is 554 g/mol. The van der Waals surface area contributed by atoms with E-state index >= 15 is 0 Å². The fraction of sp³-hybridized carbons (Fsp3) is 0.259. The van der Waals surface area contributed by atoms with E-state index in [1.807, 2.05) is 50.2 Å². The van der Waals surface area contributed by atoms with Gasteiger partial charge in [0, 0.05) is 40.4 Å². The second kappa shape index (κ2) is 10.4. The number of amides is 1. The number of carbonyl (C=O) groups is 1. The van der Waals surface area contributed by atoms with Crippen LogP contribution in [0.3, 0.4) is 0 Å². The van der Waals surface area contributed by atoms with E-state index in [1.54, 1.807) is 12.1 Å². The number of hydrogen-bond acceptors (Lipinski definition) is 6. The number of carbonyl (C=O) groups excluding carboxylic acids is 1. The summed E-state index contributed by atoms with van der Waals surface area (Å²) in [5.41, 5.74) is 9.81. The Morgan fingerprint density at radius 2 is 1.84 bits per heavy atom. The first-order valence-electron chi connectivity index (χ1n) is 12.0. The van der Waals surface area contributed by atoms with Crippen LogP contribution in [0.2, 0.25) is 5.02 Å². The molecule has 0 bridgehead atoms. The average Bonchev–Trinajstić information content (AvgIpc) is 3.27. The highest BCUT2D eigenvalue weighted by atomic mass is 35.5. The number of rotatable bonds is 7. The molecule has 4 aromatic rings. The molecule has 2 aromatic heterocycles. The summed E-state index contributed by atoms with van der Waals surface area (Å²) in [6.45, 7) is 4.45. The van der Waals surface area contributed by atoms with Crippen molar-refractivity contribution in [3.8, 4) is 16.9 Å². The number of sulfonamides is 1. The van der Waals surface area contributed by atoms with Gasteiger partial charge in [-0.15, -0.1) is 0 Å². The van der Waals surface area contributed by atoms with Crippen LogP contribution in [0, 0.1) is 13.8 Å². The highest BCUT2D eigenvalue weighted by Gasteiger charge is 2.36. The minimum atomic E-state index is -4.10. The Hall–Kier alpha value is -3.44. The van der Waals surface area contributed by atoms with Crippen LogP contribution in [0.15, 0.2) is 59.5 Å². The van der Waals surface area contributed by atoms with E-state index in [0.717, 1.165) is 22.5 Å². The molecular weight excluding hydrogens is 528 g/mol. The number of H-pyrrole nitrogens is 1. The van der Waals surface area contributed by atoms with Gasteiger partial charge in [-0.3, -0.25) is 9.78 Å². The van der Waals surface area contributed by atoms with Gasteiger partial charge in [-0.2, -0.15) is 4.31 Å². The number of nitrogens with one attached hydrogen (secondary N) is 1. The number of aryl methyl sites for hydroxylation is 2. The predicted octanol–water partition coefficient (Wildman–Crippen LogP) is 4.07. The van der Waals surface area contributed by atoms with Crippen LogP contribution in [0.25, 0.3) is 22.0 Å². The fourth-order valence-corrected chi connectivity index (χ4v) is 6.62. The number of benzene rings is 2. The molecule has 5 rings (SSSR count). The standard InChI is InChI=1S/C27H27ClN4O5S/c1-16-11-19(12-17(2)30-16)18-3-6-21(7-4-18)37-15-22-14-32(9-10-36-22)38(34,35)26-23-13-20(28)5-8-24(23)31-25(26)27(29)33/h3-8,11-13,22,31H,9-10,14-15H2,1-2H3,(H2,29,33). The quantitative estimate of drug-likeness (QED) is 0.354. The second-order valence-electron chi connectivity index (χ2n) is 9.21. The normalized spacial score (nSPS) is 16.6. The van der Waals surface area contributed by atoms with Crippen LogP contribution >= 0.6 is 11.6 Å². The Morgan fingerprint density at radius 1 is 1.13 bits per heavy atom. The third-order valence-corrected chi connectivity index (χ3v) is 8.55. The lowest BCUT2D eigenvalue weighted by Gasteiger charge is -2.32. The highest BCUT2D eigenvalue weighted by Crippen LogP contribution is 2.32. The van der Waals surface area contributed by atoms with Gasteiger partial charge >= 0.3 is 0 Å². The predicted molar refractivity (Wildman–Crippen MR) is 145 cm³/mol. The van der Waals surface area contributed by atoms with Crippen LogP contribution < -0.4 is 10.5 Å². The number of morpholine rings is 1. The van der Waals surface area contributed by atoms with Crippen molar-refractivity contribution in [1.29, 1.82) is 0 Å².